The van der Waals surface area contributed by atoms with Gasteiger partial charge in [0.15, 0.2) is 0 Å². The Morgan fingerprint density at radius 3 is 2.19 bits per heavy atom. The Hall–Kier alpha value is -0.820. The Kier molecular flexibility index (Phi) is 4.82. The highest BCUT2D eigenvalue weighted by Crippen LogP contribution is 2.49. The maximum Gasteiger partial charge on any atom is 0.0826 e. The summed E-state index contributed by atoms with van der Waals surface area (Å²) in [5.41, 5.74) is 4.12. The third-order valence-electron chi connectivity index (χ3n) is 5.44. The molecule has 0 heterocycles. The van der Waals surface area contributed by atoms with Crippen molar-refractivity contribution < 1.29 is 5.11 Å². The summed E-state index contributed by atoms with van der Waals surface area (Å²) in [6.07, 6.45) is 3.31. The second kappa shape index (κ2) is 6.12. The predicted molar refractivity (Wildman–Crippen MR) is 90.7 cm³/mol. The first-order valence-corrected chi connectivity index (χ1v) is 8.56. The van der Waals surface area contributed by atoms with E-state index in [2.05, 4.69) is 59.7 Å². The van der Waals surface area contributed by atoms with Crippen molar-refractivity contribution in [3.63, 3.8) is 0 Å². The van der Waals surface area contributed by atoms with Crippen molar-refractivity contribution in [2.45, 2.75) is 78.7 Å². The highest BCUT2D eigenvalue weighted by Gasteiger charge is 2.40. The molecule has 1 nitrogen and oxygen atoms in total. The molecule has 2 rings (SSSR count). The molecule has 1 fully saturated rings. The molecule has 1 N–H and O–H groups in total. The number of hydrogen-bond acceptors (Lipinski definition) is 1. The smallest absolute Gasteiger partial charge is 0.0826 e. The minimum Gasteiger partial charge on any atom is -0.388 e. The van der Waals surface area contributed by atoms with E-state index in [4.69, 9.17) is 0 Å². The van der Waals surface area contributed by atoms with Crippen LogP contribution in [0.15, 0.2) is 18.2 Å². The molecule has 1 aliphatic rings. The molecule has 2 unspecified atom stereocenters. The first kappa shape index (κ1) is 16.5. The first-order valence-electron chi connectivity index (χ1n) is 8.56. The average Bonchev–Trinajstić information content (AvgIpc) is 2.76. The van der Waals surface area contributed by atoms with Crippen LogP contribution in [0.1, 0.15) is 95.4 Å². The van der Waals surface area contributed by atoms with Gasteiger partial charge in [-0.2, -0.15) is 0 Å². The number of rotatable bonds is 4. The van der Waals surface area contributed by atoms with Gasteiger partial charge in [0.2, 0.25) is 0 Å². The molecular weight excluding hydrogens is 256 g/mol. The van der Waals surface area contributed by atoms with Gasteiger partial charge in [0, 0.05) is 0 Å². The predicted octanol–water partition coefficient (Wildman–Crippen LogP) is 5.79. The van der Waals surface area contributed by atoms with E-state index < -0.39 is 0 Å². The van der Waals surface area contributed by atoms with E-state index in [0.29, 0.717) is 17.8 Å². The molecule has 1 aliphatic carbocycles. The van der Waals surface area contributed by atoms with Crippen molar-refractivity contribution >= 4 is 0 Å². The van der Waals surface area contributed by atoms with Crippen molar-refractivity contribution in [2.75, 3.05) is 0 Å². The highest BCUT2D eigenvalue weighted by molar-refractivity contribution is 5.37. The lowest BCUT2D eigenvalue weighted by Gasteiger charge is -2.33. The normalized spacial score (nSPS) is 23.0. The van der Waals surface area contributed by atoms with Crippen LogP contribution in [0.5, 0.6) is 0 Å². The van der Waals surface area contributed by atoms with Crippen LogP contribution in [-0.2, 0) is 0 Å². The first-order chi connectivity index (χ1) is 9.74. The van der Waals surface area contributed by atoms with Crippen molar-refractivity contribution in [3.05, 3.63) is 34.9 Å². The zero-order valence-electron chi connectivity index (χ0n) is 14.6. The minimum atomic E-state index is -0.318. The van der Waals surface area contributed by atoms with Gasteiger partial charge in [0.1, 0.15) is 0 Å². The molecule has 1 heteroatoms. The lowest BCUT2D eigenvalue weighted by atomic mass is 9.75. The monoisotopic (exact) mass is 288 g/mol. The van der Waals surface area contributed by atoms with Crippen LogP contribution in [0.2, 0.25) is 0 Å². The molecule has 0 aromatic heterocycles. The Morgan fingerprint density at radius 2 is 1.71 bits per heavy atom. The van der Waals surface area contributed by atoms with E-state index in [1.165, 1.54) is 24.0 Å². The Morgan fingerprint density at radius 1 is 1.05 bits per heavy atom. The van der Waals surface area contributed by atoms with E-state index in [1.54, 1.807) is 0 Å². The number of aliphatic hydroxyl groups is 1. The average molecular weight is 288 g/mol. The molecule has 21 heavy (non-hydrogen) atoms. The summed E-state index contributed by atoms with van der Waals surface area (Å²) >= 11 is 0. The zero-order chi connectivity index (χ0) is 15.8. The van der Waals surface area contributed by atoms with Crippen LogP contribution in [0.25, 0.3) is 0 Å². The van der Waals surface area contributed by atoms with E-state index in [-0.39, 0.29) is 11.5 Å². The standard InChI is InChI=1S/C20H32O/c1-13(2)15-9-10-16(17(12-15)14(3)4)19(21)18-8-7-11-20(18,5)6/h9-10,12-14,18-19,21H,7-8,11H2,1-6H3. The third kappa shape index (κ3) is 3.34. The summed E-state index contributed by atoms with van der Waals surface area (Å²) in [6.45, 7) is 13.5. The van der Waals surface area contributed by atoms with E-state index in [0.717, 1.165) is 12.0 Å². The third-order valence-corrected chi connectivity index (χ3v) is 5.44. The maximum atomic E-state index is 11.0. The lowest BCUT2D eigenvalue weighted by Crippen LogP contribution is -2.25. The summed E-state index contributed by atoms with van der Waals surface area (Å²) in [6, 6.07) is 6.70. The Balaban J connectivity index is 2.38. The van der Waals surface area contributed by atoms with Gasteiger partial charge in [0.25, 0.3) is 0 Å². The fourth-order valence-electron chi connectivity index (χ4n) is 3.88. The quantitative estimate of drug-likeness (QED) is 0.743. The summed E-state index contributed by atoms with van der Waals surface area (Å²) in [5, 5.41) is 11.0. The second-order valence-electron chi connectivity index (χ2n) is 8.13. The van der Waals surface area contributed by atoms with Gasteiger partial charge in [-0.05, 0) is 52.7 Å². The van der Waals surface area contributed by atoms with Gasteiger partial charge in [-0.15, -0.1) is 0 Å². The molecule has 0 spiro atoms. The zero-order valence-corrected chi connectivity index (χ0v) is 14.6. The molecule has 2 atom stereocenters. The van der Waals surface area contributed by atoms with E-state index >= 15 is 0 Å². The summed E-state index contributed by atoms with van der Waals surface area (Å²) in [5.74, 6) is 1.38. The van der Waals surface area contributed by atoms with Crippen LogP contribution in [0.4, 0.5) is 0 Å². The van der Waals surface area contributed by atoms with Gasteiger partial charge < -0.3 is 5.11 Å². The number of hydrogen-bond donors (Lipinski definition) is 1. The van der Waals surface area contributed by atoms with E-state index in [1.807, 2.05) is 0 Å². The molecule has 0 radical (unpaired) electrons. The molecule has 0 bridgehead atoms. The molecule has 0 saturated heterocycles. The Labute approximate surface area is 130 Å². The van der Waals surface area contributed by atoms with E-state index in [9.17, 15) is 5.11 Å². The highest BCUT2D eigenvalue weighted by atomic mass is 16.3. The fourth-order valence-corrected chi connectivity index (χ4v) is 3.88. The van der Waals surface area contributed by atoms with Crippen molar-refractivity contribution in [1.29, 1.82) is 0 Å². The van der Waals surface area contributed by atoms with Crippen LogP contribution >= 0.6 is 0 Å². The second-order valence-corrected chi connectivity index (χ2v) is 8.13. The molecule has 1 saturated carbocycles. The van der Waals surface area contributed by atoms with Gasteiger partial charge in [-0.25, -0.2) is 0 Å². The number of benzene rings is 1. The van der Waals surface area contributed by atoms with Crippen molar-refractivity contribution in [2.24, 2.45) is 11.3 Å². The van der Waals surface area contributed by atoms with Crippen LogP contribution in [0.3, 0.4) is 0 Å². The molecule has 1 aromatic rings. The summed E-state index contributed by atoms with van der Waals surface area (Å²) in [4.78, 5) is 0. The SMILES string of the molecule is CC(C)c1ccc(C(O)C2CCCC2(C)C)c(C(C)C)c1. The van der Waals surface area contributed by atoms with Gasteiger partial charge in [-0.3, -0.25) is 0 Å². The summed E-state index contributed by atoms with van der Waals surface area (Å²) in [7, 11) is 0. The summed E-state index contributed by atoms with van der Waals surface area (Å²) < 4.78 is 0. The largest absolute Gasteiger partial charge is 0.388 e. The van der Waals surface area contributed by atoms with Gasteiger partial charge in [0.05, 0.1) is 6.10 Å². The molecule has 0 aliphatic heterocycles. The number of aliphatic hydroxyl groups excluding tert-OH is 1. The van der Waals surface area contributed by atoms with Crippen LogP contribution < -0.4 is 0 Å². The Bertz CT molecular complexity index is 485. The molecular formula is C20H32O. The van der Waals surface area contributed by atoms with Gasteiger partial charge >= 0.3 is 0 Å². The minimum absolute atomic E-state index is 0.254. The molecule has 1 aromatic carbocycles. The topological polar surface area (TPSA) is 20.2 Å². The van der Waals surface area contributed by atoms with Crippen molar-refractivity contribution in [3.8, 4) is 0 Å². The van der Waals surface area contributed by atoms with Crippen molar-refractivity contribution in [1.82, 2.24) is 0 Å². The maximum absolute atomic E-state index is 11.0. The van der Waals surface area contributed by atoms with Crippen LogP contribution in [-0.4, -0.2) is 5.11 Å². The fraction of sp³-hybridized carbons (Fsp3) is 0.700. The molecule has 0 amide bonds. The van der Waals surface area contributed by atoms with Crippen LogP contribution in [0, 0.1) is 11.3 Å². The van der Waals surface area contributed by atoms with Gasteiger partial charge in [-0.1, -0.05) is 66.2 Å². The lowest BCUT2D eigenvalue weighted by molar-refractivity contribution is 0.0523. The molecule has 118 valence electrons.